The van der Waals surface area contributed by atoms with Gasteiger partial charge < -0.3 is 35.8 Å². The summed E-state index contributed by atoms with van der Waals surface area (Å²) >= 11 is 0. The van der Waals surface area contributed by atoms with Gasteiger partial charge in [-0.3, -0.25) is 9.09 Å². The van der Waals surface area contributed by atoms with Crippen molar-refractivity contribution in [2.24, 2.45) is 5.73 Å². The lowest BCUT2D eigenvalue weighted by Gasteiger charge is -2.41. The van der Waals surface area contributed by atoms with Crippen molar-refractivity contribution in [1.29, 1.82) is 0 Å². The van der Waals surface area contributed by atoms with Gasteiger partial charge in [0.05, 0.1) is 6.10 Å². The predicted octanol–water partition coefficient (Wildman–Crippen LogP) is -3.05. The minimum absolute atomic E-state index is 0.264. The molecule has 0 spiro atoms. The molecule has 18 heavy (non-hydrogen) atoms. The average Bonchev–Trinajstić information content (AvgIpc) is 2.27. The Morgan fingerprint density at radius 2 is 1.89 bits per heavy atom. The Balaban J connectivity index is 2.84. The van der Waals surface area contributed by atoms with Gasteiger partial charge in [-0.15, -0.1) is 0 Å². The summed E-state index contributed by atoms with van der Waals surface area (Å²) in [6.45, 7) is 0.606. The molecule has 1 heterocycles. The van der Waals surface area contributed by atoms with E-state index in [-0.39, 0.29) is 6.54 Å². The van der Waals surface area contributed by atoms with Crippen LogP contribution >= 0.6 is 7.60 Å². The minimum atomic E-state index is -3.97. The zero-order valence-electron chi connectivity index (χ0n) is 9.66. The first kappa shape index (κ1) is 16.0. The van der Waals surface area contributed by atoms with Crippen LogP contribution in [0.25, 0.3) is 0 Å². The quantitative estimate of drug-likeness (QED) is 0.295. The summed E-state index contributed by atoms with van der Waals surface area (Å²) < 4.78 is 20.6. The third-order valence-electron chi connectivity index (χ3n) is 2.53. The second-order valence-electron chi connectivity index (χ2n) is 4.15. The largest absolute Gasteiger partial charge is 0.389 e. The Bertz CT molecular complexity index is 322. The van der Waals surface area contributed by atoms with Gasteiger partial charge in [-0.05, 0) is 0 Å². The number of hydrogen-bond acceptors (Lipinski definition) is 8. The zero-order valence-corrected chi connectivity index (χ0v) is 10.6. The van der Waals surface area contributed by atoms with Crippen LogP contribution in [0.4, 0.5) is 0 Å². The van der Waals surface area contributed by atoms with Gasteiger partial charge in [0, 0.05) is 13.2 Å². The zero-order chi connectivity index (χ0) is 14.1. The first-order valence-electron chi connectivity index (χ1n) is 5.24. The highest BCUT2D eigenvalue weighted by molar-refractivity contribution is 7.51. The first-order chi connectivity index (χ1) is 8.17. The van der Waals surface area contributed by atoms with Crippen LogP contribution in [-0.2, 0) is 13.8 Å². The molecule has 0 aliphatic carbocycles. The lowest BCUT2D eigenvalue weighted by Crippen LogP contribution is -2.61. The molecule has 1 saturated heterocycles. The molecule has 7 N–H and O–H groups in total. The lowest BCUT2D eigenvalue weighted by atomic mass is 9.95. The highest BCUT2D eigenvalue weighted by Gasteiger charge is 2.47. The molecule has 0 saturated carbocycles. The molecule has 9 nitrogen and oxygen atoms in total. The Labute approximate surface area is 103 Å². The summed E-state index contributed by atoms with van der Waals surface area (Å²) in [4.78, 5) is 9.03. The lowest BCUT2D eigenvalue weighted by molar-refractivity contribution is -0.288. The monoisotopic (exact) mass is 287 g/mol. The summed E-state index contributed by atoms with van der Waals surface area (Å²) in [5.41, 5.74) is 5.19. The molecule has 3 unspecified atom stereocenters. The standard InChI is InChI=1S/C8H18NO8P/c1-18(14,15)17-8-6(13)4(11)5(12)7(16-8)3(10)2-9/h3-8,10-13H,2,9H2,1H3,(H,14,15)/t3-,4+,5+,6?,7?,8+/m1/s1. The third kappa shape index (κ3) is 3.70. The summed E-state index contributed by atoms with van der Waals surface area (Å²) in [6.07, 6.45) is -9.29. The fourth-order valence-corrected chi connectivity index (χ4v) is 2.17. The van der Waals surface area contributed by atoms with Gasteiger partial charge in [0.1, 0.15) is 24.4 Å². The van der Waals surface area contributed by atoms with Gasteiger partial charge in [0.2, 0.25) is 0 Å². The van der Waals surface area contributed by atoms with Crippen molar-refractivity contribution in [3.63, 3.8) is 0 Å². The Morgan fingerprint density at radius 1 is 1.33 bits per heavy atom. The Morgan fingerprint density at radius 3 is 2.33 bits per heavy atom. The van der Waals surface area contributed by atoms with E-state index in [1.807, 2.05) is 0 Å². The van der Waals surface area contributed by atoms with Crippen molar-refractivity contribution in [3.05, 3.63) is 0 Å². The number of ether oxygens (including phenoxy) is 1. The van der Waals surface area contributed by atoms with E-state index < -0.39 is 44.4 Å². The molecule has 0 aromatic carbocycles. The minimum Gasteiger partial charge on any atom is -0.389 e. The van der Waals surface area contributed by atoms with Crippen LogP contribution in [0.15, 0.2) is 0 Å². The van der Waals surface area contributed by atoms with Crippen molar-refractivity contribution in [1.82, 2.24) is 0 Å². The van der Waals surface area contributed by atoms with Gasteiger partial charge in [0.15, 0.2) is 6.29 Å². The van der Waals surface area contributed by atoms with E-state index in [4.69, 9.17) is 15.4 Å². The molecule has 1 rings (SSSR count). The fourth-order valence-electron chi connectivity index (χ4n) is 1.61. The molecule has 1 aliphatic rings. The van der Waals surface area contributed by atoms with Crippen LogP contribution in [0.1, 0.15) is 0 Å². The molecule has 7 atom stereocenters. The van der Waals surface area contributed by atoms with Crippen LogP contribution in [-0.4, -0.2) is 75.3 Å². The molecule has 10 heteroatoms. The second-order valence-corrected chi connectivity index (χ2v) is 5.97. The normalized spacial score (nSPS) is 42.3. The van der Waals surface area contributed by atoms with Crippen LogP contribution in [0.2, 0.25) is 0 Å². The second kappa shape index (κ2) is 5.91. The molecular formula is C8H18NO8P. The highest BCUT2D eigenvalue weighted by atomic mass is 31.2. The van der Waals surface area contributed by atoms with Crippen LogP contribution < -0.4 is 5.73 Å². The number of aliphatic hydroxyl groups is 4. The molecule has 0 bridgehead atoms. The maximum Gasteiger partial charge on any atom is 0.327 e. The molecule has 0 amide bonds. The smallest absolute Gasteiger partial charge is 0.327 e. The van der Waals surface area contributed by atoms with E-state index in [0.29, 0.717) is 0 Å². The Hall–Kier alpha value is -0.0900. The highest BCUT2D eigenvalue weighted by Crippen LogP contribution is 2.41. The average molecular weight is 287 g/mol. The van der Waals surface area contributed by atoms with Crippen LogP contribution in [0.3, 0.4) is 0 Å². The first-order valence-corrected chi connectivity index (χ1v) is 7.26. The fraction of sp³-hybridized carbons (Fsp3) is 1.00. The molecule has 0 aromatic heterocycles. The molecule has 0 radical (unpaired) electrons. The van der Waals surface area contributed by atoms with E-state index in [2.05, 4.69) is 4.52 Å². The summed E-state index contributed by atoms with van der Waals surface area (Å²) in [5.74, 6) is 0. The van der Waals surface area contributed by atoms with E-state index in [0.717, 1.165) is 6.66 Å². The van der Waals surface area contributed by atoms with Gasteiger partial charge in [-0.25, -0.2) is 0 Å². The van der Waals surface area contributed by atoms with Gasteiger partial charge in [-0.2, -0.15) is 0 Å². The van der Waals surface area contributed by atoms with Crippen molar-refractivity contribution in [3.8, 4) is 0 Å². The van der Waals surface area contributed by atoms with Gasteiger partial charge >= 0.3 is 7.60 Å². The SMILES string of the molecule is CP(=O)(O)O[C@@H]1OC([C@H](O)CN)[C@@H](O)[C@H](O)C1O. The molecular weight excluding hydrogens is 269 g/mol. The summed E-state index contributed by atoms with van der Waals surface area (Å²) in [5, 5.41) is 38.2. The predicted molar refractivity (Wildman–Crippen MR) is 58.6 cm³/mol. The molecule has 1 fully saturated rings. The summed E-state index contributed by atoms with van der Waals surface area (Å²) in [6, 6.07) is 0. The van der Waals surface area contributed by atoms with Crippen molar-refractivity contribution < 1.29 is 39.1 Å². The molecule has 1 aliphatic heterocycles. The van der Waals surface area contributed by atoms with Crippen molar-refractivity contribution in [2.45, 2.75) is 36.8 Å². The van der Waals surface area contributed by atoms with Crippen LogP contribution in [0, 0.1) is 0 Å². The number of rotatable bonds is 4. The number of hydrogen-bond donors (Lipinski definition) is 6. The van der Waals surface area contributed by atoms with Gasteiger partial charge in [0.25, 0.3) is 0 Å². The maximum absolute atomic E-state index is 11.1. The van der Waals surface area contributed by atoms with E-state index in [1.54, 1.807) is 0 Å². The molecule has 0 aromatic rings. The van der Waals surface area contributed by atoms with E-state index in [1.165, 1.54) is 0 Å². The topological polar surface area (TPSA) is 163 Å². The van der Waals surface area contributed by atoms with E-state index >= 15 is 0 Å². The number of aliphatic hydroxyl groups excluding tert-OH is 4. The van der Waals surface area contributed by atoms with Crippen LogP contribution in [0.5, 0.6) is 0 Å². The third-order valence-corrected chi connectivity index (χ3v) is 3.13. The Kier molecular flexibility index (Phi) is 5.24. The van der Waals surface area contributed by atoms with Crippen molar-refractivity contribution >= 4 is 7.60 Å². The van der Waals surface area contributed by atoms with Crippen molar-refractivity contribution in [2.75, 3.05) is 13.2 Å². The summed E-state index contributed by atoms with van der Waals surface area (Å²) in [7, 11) is -3.97. The maximum atomic E-state index is 11.1. The van der Waals surface area contributed by atoms with Gasteiger partial charge in [-0.1, -0.05) is 0 Å². The number of nitrogens with two attached hydrogens (primary N) is 1. The van der Waals surface area contributed by atoms with E-state index in [9.17, 15) is 25.0 Å². The molecule has 108 valence electrons.